The number of carbonyl (C=O) groups is 2. The Bertz CT molecular complexity index is 729. The zero-order valence-electron chi connectivity index (χ0n) is 12.4. The van der Waals surface area contributed by atoms with Gasteiger partial charge >= 0.3 is 5.97 Å². The molecule has 7 nitrogen and oxygen atoms in total. The molecule has 0 radical (unpaired) electrons. The lowest BCUT2D eigenvalue weighted by Gasteiger charge is -2.09. The van der Waals surface area contributed by atoms with Crippen molar-refractivity contribution in [2.45, 2.75) is 19.4 Å². The monoisotopic (exact) mass is 321 g/mol. The molecule has 4 N–H and O–H groups in total. The van der Waals surface area contributed by atoms with Gasteiger partial charge in [0, 0.05) is 24.1 Å². The van der Waals surface area contributed by atoms with Crippen LogP contribution in [0.5, 0.6) is 0 Å². The lowest BCUT2D eigenvalue weighted by Crippen LogP contribution is -2.42. The van der Waals surface area contributed by atoms with Gasteiger partial charge in [0.1, 0.15) is 17.6 Å². The molecule has 23 heavy (non-hydrogen) atoms. The second kappa shape index (κ2) is 7.01. The van der Waals surface area contributed by atoms with Crippen molar-refractivity contribution in [3.8, 4) is 11.1 Å². The van der Waals surface area contributed by atoms with Crippen molar-refractivity contribution in [3.05, 3.63) is 41.5 Å². The predicted molar refractivity (Wildman–Crippen MR) is 79.2 cm³/mol. The third-order valence-electron chi connectivity index (χ3n) is 3.24. The van der Waals surface area contributed by atoms with Crippen molar-refractivity contribution in [2.75, 3.05) is 6.54 Å². The van der Waals surface area contributed by atoms with Gasteiger partial charge in [-0.3, -0.25) is 9.59 Å². The normalized spacial score (nSPS) is 12.0. The van der Waals surface area contributed by atoms with E-state index in [1.807, 2.05) is 6.92 Å². The minimum atomic E-state index is -1.23. The third kappa shape index (κ3) is 3.92. The molecule has 0 bridgehead atoms. The van der Waals surface area contributed by atoms with Crippen molar-refractivity contribution < 1.29 is 23.6 Å². The number of aliphatic carboxylic acids is 1. The topological polar surface area (TPSA) is 118 Å². The smallest absolute Gasteiger partial charge is 0.322 e. The van der Waals surface area contributed by atoms with Crippen LogP contribution < -0.4 is 11.1 Å². The number of hydrogen-bond acceptors (Lipinski definition) is 5. The maximum atomic E-state index is 13.8. The molecule has 2 aromatic rings. The summed E-state index contributed by atoms with van der Waals surface area (Å²) in [6, 6.07) is 2.59. The van der Waals surface area contributed by atoms with Crippen LogP contribution in [0.25, 0.3) is 11.1 Å². The predicted octanol–water partition coefficient (Wildman–Crippen LogP) is 1.18. The SMILES string of the molecule is CCc1oncc1-c1cc(F)cc(C(=O)NC[C@@H](N)C(=O)O)c1. The molecule has 1 amide bonds. The largest absolute Gasteiger partial charge is 0.480 e. The molecule has 1 atom stereocenters. The van der Waals surface area contributed by atoms with Crippen molar-refractivity contribution >= 4 is 11.9 Å². The Morgan fingerprint density at radius 1 is 1.43 bits per heavy atom. The van der Waals surface area contributed by atoms with Crippen molar-refractivity contribution in [2.24, 2.45) is 5.73 Å². The molecule has 1 aromatic carbocycles. The van der Waals surface area contributed by atoms with Gasteiger partial charge in [0.05, 0.1) is 6.20 Å². The Morgan fingerprint density at radius 3 is 2.83 bits per heavy atom. The van der Waals surface area contributed by atoms with E-state index >= 15 is 0 Å². The Hall–Kier alpha value is -2.74. The summed E-state index contributed by atoms with van der Waals surface area (Å²) in [6.07, 6.45) is 2.02. The highest BCUT2D eigenvalue weighted by Crippen LogP contribution is 2.26. The van der Waals surface area contributed by atoms with Gasteiger partial charge in [0.25, 0.3) is 5.91 Å². The Labute approximate surface area is 131 Å². The molecule has 0 aliphatic carbocycles. The van der Waals surface area contributed by atoms with E-state index in [2.05, 4.69) is 10.5 Å². The molecule has 2 rings (SSSR count). The van der Waals surface area contributed by atoms with Gasteiger partial charge in [-0.15, -0.1) is 0 Å². The zero-order valence-corrected chi connectivity index (χ0v) is 12.4. The quantitative estimate of drug-likeness (QED) is 0.735. The first kappa shape index (κ1) is 16.6. The molecule has 1 heterocycles. The maximum absolute atomic E-state index is 13.8. The van der Waals surface area contributed by atoms with Gasteiger partial charge in [0.2, 0.25) is 0 Å². The van der Waals surface area contributed by atoms with E-state index in [4.69, 9.17) is 15.4 Å². The Morgan fingerprint density at radius 2 is 2.17 bits per heavy atom. The summed E-state index contributed by atoms with van der Waals surface area (Å²) < 4.78 is 18.9. The van der Waals surface area contributed by atoms with Gasteiger partial charge in [-0.2, -0.15) is 0 Å². The lowest BCUT2D eigenvalue weighted by atomic mass is 10.0. The lowest BCUT2D eigenvalue weighted by molar-refractivity contribution is -0.138. The molecular formula is C15H16FN3O4. The number of aromatic nitrogens is 1. The number of nitrogens with one attached hydrogen (secondary N) is 1. The first-order valence-corrected chi connectivity index (χ1v) is 6.93. The summed E-state index contributed by atoms with van der Waals surface area (Å²) >= 11 is 0. The maximum Gasteiger partial charge on any atom is 0.322 e. The van der Waals surface area contributed by atoms with Crippen LogP contribution in [0, 0.1) is 5.82 Å². The summed E-state index contributed by atoms with van der Waals surface area (Å²) in [5, 5.41) is 14.7. The number of rotatable bonds is 6. The number of benzene rings is 1. The van der Waals surface area contributed by atoms with Gasteiger partial charge in [-0.1, -0.05) is 12.1 Å². The fourth-order valence-electron chi connectivity index (χ4n) is 2.02. The number of carbonyl (C=O) groups excluding carboxylic acids is 1. The zero-order chi connectivity index (χ0) is 17.0. The molecule has 8 heteroatoms. The van der Waals surface area contributed by atoms with E-state index in [1.165, 1.54) is 18.3 Å². The molecule has 0 unspecified atom stereocenters. The van der Waals surface area contributed by atoms with Crippen LogP contribution in [-0.2, 0) is 11.2 Å². The van der Waals surface area contributed by atoms with E-state index in [0.717, 1.165) is 6.07 Å². The summed E-state index contributed by atoms with van der Waals surface area (Å²) in [7, 11) is 0. The van der Waals surface area contributed by atoms with Crippen LogP contribution in [0.15, 0.2) is 28.9 Å². The Kier molecular flexibility index (Phi) is 5.07. The van der Waals surface area contributed by atoms with E-state index in [0.29, 0.717) is 23.3 Å². The Balaban J connectivity index is 2.23. The first-order valence-electron chi connectivity index (χ1n) is 6.93. The van der Waals surface area contributed by atoms with E-state index in [9.17, 15) is 14.0 Å². The number of nitrogens with two attached hydrogens (primary N) is 1. The number of amides is 1. The minimum absolute atomic E-state index is 0.0563. The number of halogens is 1. The average Bonchev–Trinajstić information content (AvgIpc) is 3.00. The minimum Gasteiger partial charge on any atom is -0.480 e. The number of nitrogens with zero attached hydrogens (tertiary/aromatic N) is 1. The number of aryl methyl sites for hydroxylation is 1. The highest BCUT2D eigenvalue weighted by atomic mass is 19.1. The summed E-state index contributed by atoms with van der Waals surface area (Å²) in [5.74, 6) is -1.87. The molecule has 0 fully saturated rings. The van der Waals surface area contributed by atoms with Crippen LogP contribution >= 0.6 is 0 Å². The standard InChI is InChI=1S/C15H16FN3O4/c1-2-13-11(6-19-23-13)8-3-9(5-10(16)4-8)14(20)18-7-12(17)15(21)22/h3-6,12H,2,7,17H2,1H3,(H,18,20)(H,21,22)/t12-/m1/s1. The van der Waals surface area contributed by atoms with Crippen molar-refractivity contribution in [1.29, 1.82) is 0 Å². The summed E-state index contributed by atoms with van der Waals surface area (Å²) in [4.78, 5) is 22.7. The van der Waals surface area contributed by atoms with E-state index in [1.54, 1.807) is 0 Å². The van der Waals surface area contributed by atoms with Crippen LogP contribution in [-0.4, -0.2) is 34.7 Å². The number of carboxylic acid groups (broad SMARTS) is 1. The van der Waals surface area contributed by atoms with Gasteiger partial charge in [-0.25, -0.2) is 4.39 Å². The molecule has 0 aliphatic heterocycles. The highest BCUT2D eigenvalue weighted by Gasteiger charge is 2.16. The van der Waals surface area contributed by atoms with E-state index < -0.39 is 23.7 Å². The summed E-state index contributed by atoms with van der Waals surface area (Å²) in [5.41, 5.74) is 6.42. The fraction of sp³-hybridized carbons (Fsp3) is 0.267. The molecule has 1 aromatic heterocycles. The molecular weight excluding hydrogens is 305 g/mol. The van der Waals surface area contributed by atoms with Gasteiger partial charge in [-0.05, 0) is 23.8 Å². The van der Waals surface area contributed by atoms with Crippen LogP contribution in [0.4, 0.5) is 4.39 Å². The average molecular weight is 321 g/mol. The molecule has 0 spiro atoms. The highest BCUT2D eigenvalue weighted by molar-refractivity contribution is 5.95. The number of carboxylic acids is 1. The molecule has 0 saturated heterocycles. The van der Waals surface area contributed by atoms with Crippen molar-refractivity contribution in [1.82, 2.24) is 10.5 Å². The molecule has 0 saturated carbocycles. The second-order valence-electron chi connectivity index (χ2n) is 4.90. The van der Waals surface area contributed by atoms with Crippen LogP contribution in [0.2, 0.25) is 0 Å². The molecule has 122 valence electrons. The summed E-state index contributed by atoms with van der Waals surface area (Å²) in [6.45, 7) is 1.61. The third-order valence-corrected chi connectivity index (χ3v) is 3.24. The van der Waals surface area contributed by atoms with E-state index in [-0.39, 0.29) is 12.1 Å². The van der Waals surface area contributed by atoms with Gasteiger partial charge < -0.3 is 20.7 Å². The molecule has 0 aliphatic rings. The van der Waals surface area contributed by atoms with Crippen molar-refractivity contribution in [3.63, 3.8) is 0 Å². The van der Waals surface area contributed by atoms with Crippen LogP contribution in [0.3, 0.4) is 0 Å². The first-order chi connectivity index (χ1) is 10.9. The van der Waals surface area contributed by atoms with Gasteiger partial charge in [0.15, 0.2) is 0 Å². The second-order valence-corrected chi connectivity index (χ2v) is 4.90. The fourth-order valence-corrected chi connectivity index (χ4v) is 2.02. The number of hydrogen-bond donors (Lipinski definition) is 3. The van der Waals surface area contributed by atoms with Crippen LogP contribution in [0.1, 0.15) is 23.0 Å².